The second-order valence-corrected chi connectivity index (χ2v) is 2.61. The second kappa shape index (κ2) is 5.77. The van der Waals surface area contributed by atoms with E-state index in [-0.39, 0.29) is 6.03 Å². The molecular weight excluding hydrogens is 178 g/mol. The van der Waals surface area contributed by atoms with Gasteiger partial charge in [0.15, 0.2) is 0 Å². The molecule has 0 unspecified atom stereocenters. The summed E-state index contributed by atoms with van der Waals surface area (Å²) in [6.45, 7) is 4.04. The Hall–Kier alpha value is -1.81. The Bertz CT molecular complexity index is 297. The normalized spacial score (nSPS) is 9.14. The lowest BCUT2D eigenvalue weighted by molar-refractivity contribution is 0.248. The average Bonchev–Trinajstić information content (AvgIpc) is 2.20. The number of nitrogens with one attached hydrogen (secondary N) is 3. The third kappa shape index (κ3) is 3.73. The van der Waals surface area contributed by atoms with Crippen molar-refractivity contribution in [3.8, 4) is 0 Å². The molecular formula is C10H13N3O. The minimum atomic E-state index is -0.293. The van der Waals surface area contributed by atoms with Crippen LogP contribution in [0.25, 0.3) is 0 Å². The summed E-state index contributed by atoms with van der Waals surface area (Å²) in [6.07, 6.45) is 1.66. The van der Waals surface area contributed by atoms with E-state index < -0.39 is 0 Å². The highest BCUT2D eigenvalue weighted by Crippen LogP contribution is 2.03. The Morgan fingerprint density at radius 2 is 2.07 bits per heavy atom. The molecule has 4 heteroatoms. The summed E-state index contributed by atoms with van der Waals surface area (Å²) in [7, 11) is 0. The van der Waals surface area contributed by atoms with Gasteiger partial charge in [-0.05, 0) is 12.1 Å². The van der Waals surface area contributed by atoms with Gasteiger partial charge in [0.2, 0.25) is 0 Å². The molecule has 0 aromatic heterocycles. The number of hydrogen-bond donors (Lipinski definition) is 3. The molecule has 0 saturated heterocycles. The average molecular weight is 191 g/mol. The fourth-order valence-electron chi connectivity index (χ4n) is 0.887. The van der Waals surface area contributed by atoms with Crippen molar-refractivity contribution in [2.75, 3.05) is 11.9 Å². The molecule has 0 spiro atoms. The summed E-state index contributed by atoms with van der Waals surface area (Å²) in [5.74, 6) is 0. The fourth-order valence-corrected chi connectivity index (χ4v) is 0.887. The summed E-state index contributed by atoms with van der Waals surface area (Å²) in [6, 6.07) is 8.93. The number of anilines is 1. The van der Waals surface area contributed by atoms with Crippen LogP contribution in [0.3, 0.4) is 0 Å². The lowest BCUT2D eigenvalue weighted by atomic mass is 10.3. The summed E-state index contributed by atoms with van der Waals surface area (Å²) < 4.78 is 0. The van der Waals surface area contributed by atoms with Crippen LogP contribution in [-0.2, 0) is 0 Å². The topological polar surface area (TPSA) is 53.2 Å². The predicted molar refractivity (Wildman–Crippen MR) is 56.8 cm³/mol. The smallest absolute Gasteiger partial charge is 0.307 e. The van der Waals surface area contributed by atoms with Crippen LogP contribution >= 0.6 is 0 Å². The molecule has 3 N–H and O–H groups in total. The van der Waals surface area contributed by atoms with Gasteiger partial charge in [0.1, 0.15) is 0 Å². The predicted octanol–water partition coefficient (Wildman–Crippen LogP) is 1.50. The van der Waals surface area contributed by atoms with Crippen molar-refractivity contribution in [1.82, 2.24) is 10.9 Å². The molecule has 2 amide bonds. The van der Waals surface area contributed by atoms with Gasteiger partial charge < -0.3 is 5.32 Å². The Morgan fingerprint density at radius 3 is 2.71 bits per heavy atom. The molecule has 1 aromatic rings. The Morgan fingerprint density at radius 1 is 1.36 bits per heavy atom. The molecule has 1 rings (SSSR count). The van der Waals surface area contributed by atoms with E-state index in [0.29, 0.717) is 6.54 Å². The maximum absolute atomic E-state index is 11.2. The van der Waals surface area contributed by atoms with Crippen LogP contribution in [0.2, 0.25) is 0 Å². The lowest BCUT2D eigenvalue weighted by Crippen LogP contribution is -2.40. The van der Waals surface area contributed by atoms with Crippen molar-refractivity contribution >= 4 is 11.7 Å². The monoisotopic (exact) mass is 191 g/mol. The number of carbonyl (C=O) groups excluding carboxylic acids is 1. The van der Waals surface area contributed by atoms with E-state index in [0.717, 1.165) is 5.69 Å². The molecule has 0 radical (unpaired) electrons. The van der Waals surface area contributed by atoms with E-state index in [2.05, 4.69) is 22.7 Å². The van der Waals surface area contributed by atoms with Gasteiger partial charge in [0.25, 0.3) is 0 Å². The molecule has 1 aromatic carbocycles. The highest BCUT2D eigenvalue weighted by molar-refractivity contribution is 5.88. The van der Waals surface area contributed by atoms with Crippen molar-refractivity contribution < 1.29 is 4.79 Å². The standard InChI is InChI=1S/C10H13N3O/c1-2-8-11-13-10(14)12-9-6-4-3-5-7-9/h2-7,11H,1,8H2,(H2,12,13,14). The molecule has 0 aliphatic carbocycles. The number of carbonyl (C=O) groups is 1. The zero-order valence-electron chi connectivity index (χ0n) is 7.79. The Labute approximate surface area is 83.0 Å². The highest BCUT2D eigenvalue weighted by Gasteiger charge is 1.97. The zero-order chi connectivity index (χ0) is 10.2. The summed E-state index contributed by atoms with van der Waals surface area (Å²) >= 11 is 0. The molecule has 0 bridgehead atoms. The number of para-hydroxylation sites is 1. The van der Waals surface area contributed by atoms with Gasteiger partial charge >= 0.3 is 6.03 Å². The molecule has 14 heavy (non-hydrogen) atoms. The lowest BCUT2D eigenvalue weighted by Gasteiger charge is -2.06. The number of benzene rings is 1. The van der Waals surface area contributed by atoms with Crippen molar-refractivity contribution in [1.29, 1.82) is 0 Å². The van der Waals surface area contributed by atoms with Crippen LogP contribution in [0.15, 0.2) is 43.0 Å². The van der Waals surface area contributed by atoms with Crippen LogP contribution < -0.4 is 16.2 Å². The first-order chi connectivity index (χ1) is 6.83. The van der Waals surface area contributed by atoms with Crippen molar-refractivity contribution in [2.24, 2.45) is 0 Å². The van der Waals surface area contributed by atoms with Crippen molar-refractivity contribution in [3.05, 3.63) is 43.0 Å². The molecule has 4 nitrogen and oxygen atoms in total. The first kappa shape index (κ1) is 10.3. The van der Waals surface area contributed by atoms with Crippen LogP contribution in [0, 0.1) is 0 Å². The van der Waals surface area contributed by atoms with Gasteiger partial charge in [-0.1, -0.05) is 24.3 Å². The summed E-state index contributed by atoms with van der Waals surface area (Å²) in [5, 5.41) is 2.65. The van der Waals surface area contributed by atoms with E-state index in [1.54, 1.807) is 6.08 Å². The van der Waals surface area contributed by atoms with Gasteiger partial charge in [-0.2, -0.15) is 0 Å². The molecule has 0 aliphatic heterocycles. The van der Waals surface area contributed by atoms with E-state index in [1.807, 2.05) is 30.3 Å². The van der Waals surface area contributed by atoms with Gasteiger partial charge in [-0.3, -0.25) is 5.43 Å². The van der Waals surface area contributed by atoms with Crippen LogP contribution in [0.1, 0.15) is 0 Å². The van der Waals surface area contributed by atoms with Gasteiger partial charge in [0.05, 0.1) is 0 Å². The number of hydrazine groups is 1. The van der Waals surface area contributed by atoms with Crippen LogP contribution in [0.4, 0.5) is 10.5 Å². The fraction of sp³-hybridized carbons (Fsp3) is 0.100. The minimum Gasteiger partial charge on any atom is -0.307 e. The second-order valence-electron chi connectivity index (χ2n) is 2.61. The van der Waals surface area contributed by atoms with Gasteiger partial charge in [-0.25, -0.2) is 10.2 Å². The zero-order valence-corrected chi connectivity index (χ0v) is 7.79. The van der Waals surface area contributed by atoms with Crippen LogP contribution in [-0.4, -0.2) is 12.6 Å². The highest BCUT2D eigenvalue weighted by atomic mass is 16.2. The number of amides is 2. The quantitative estimate of drug-likeness (QED) is 0.384. The number of urea groups is 1. The first-order valence-electron chi connectivity index (χ1n) is 4.28. The van der Waals surface area contributed by atoms with E-state index in [9.17, 15) is 4.79 Å². The van der Waals surface area contributed by atoms with Crippen molar-refractivity contribution in [2.45, 2.75) is 0 Å². The third-order valence-electron chi connectivity index (χ3n) is 1.48. The van der Waals surface area contributed by atoms with E-state index >= 15 is 0 Å². The van der Waals surface area contributed by atoms with Crippen molar-refractivity contribution in [3.63, 3.8) is 0 Å². The molecule has 0 atom stereocenters. The largest absolute Gasteiger partial charge is 0.333 e. The van der Waals surface area contributed by atoms with Gasteiger partial charge in [-0.15, -0.1) is 6.58 Å². The third-order valence-corrected chi connectivity index (χ3v) is 1.48. The molecule has 0 heterocycles. The Balaban J connectivity index is 2.31. The molecule has 0 aliphatic rings. The molecule has 0 saturated carbocycles. The minimum absolute atomic E-state index is 0.293. The SMILES string of the molecule is C=CCNNC(=O)Nc1ccccc1. The van der Waals surface area contributed by atoms with E-state index in [1.165, 1.54) is 0 Å². The van der Waals surface area contributed by atoms with Gasteiger partial charge in [0, 0.05) is 12.2 Å². The summed E-state index contributed by atoms with van der Waals surface area (Å²) in [5.41, 5.74) is 5.89. The number of rotatable bonds is 4. The number of hydrogen-bond acceptors (Lipinski definition) is 2. The maximum Gasteiger partial charge on any atom is 0.333 e. The molecule has 0 fully saturated rings. The molecule has 74 valence electrons. The first-order valence-corrected chi connectivity index (χ1v) is 4.28. The van der Waals surface area contributed by atoms with Crippen LogP contribution in [0.5, 0.6) is 0 Å². The van der Waals surface area contributed by atoms with E-state index in [4.69, 9.17) is 0 Å². The summed E-state index contributed by atoms with van der Waals surface area (Å²) in [4.78, 5) is 11.2. The Kier molecular flexibility index (Phi) is 4.23. The maximum atomic E-state index is 11.2.